The first-order chi connectivity index (χ1) is 6.72. The fraction of sp³-hybridized carbons (Fsp3) is 0.364. The lowest BCUT2D eigenvalue weighted by Crippen LogP contribution is -3.00. The Labute approximate surface area is 111 Å². The molecule has 1 aromatic carbocycles. The van der Waals surface area contributed by atoms with Crippen LogP contribution in [0.4, 0.5) is 0 Å². The summed E-state index contributed by atoms with van der Waals surface area (Å²) in [6.07, 6.45) is 0. The summed E-state index contributed by atoms with van der Waals surface area (Å²) in [7, 11) is 0. The van der Waals surface area contributed by atoms with Gasteiger partial charge in [-0.2, -0.15) is 4.57 Å². The van der Waals surface area contributed by atoms with E-state index in [0.29, 0.717) is 6.54 Å². The highest BCUT2D eigenvalue weighted by Crippen LogP contribution is 2.20. The van der Waals surface area contributed by atoms with Gasteiger partial charge >= 0.3 is 0 Å². The number of hydrogen-bond acceptors (Lipinski definition) is 2. The van der Waals surface area contributed by atoms with Crippen molar-refractivity contribution in [2.75, 3.05) is 6.61 Å². The average Bonchev–Trinajstić information content (AvgIpc) is 2.43. The van der Waals surface area contributed by atoms with E-state index in [9.17, 15) is 0 Å². The Balaban J connectivity index is 0.00000112. The highest BCUT2D eigenvalue weighted by molar-refractivity contribution is 7.18. The number of thiazole rings is 1. The standard InChI is InChI=1S/C11H14NOS.HI/c1-8-3-4-10-11(7-8)14-9(2)12(10)5-6-13;/h3-4,7,13H,5-6H2,1-2H3;1H/q+1;/p-1. The minimum Gasteiger partial charge on any atom is -1.00 e. The van der Waals surface area contributed by atoms with Crippen LogP contribution in [0.1, 0.15) is 10.6 Å². The molecule has 1 N–H and O–H groups in total. The van der Waals surface area contributed by atoms with Crippen LogP contribution in [-0.2, 0) is 6.54 Å². The van der Waals surface area contributed by atoms with E-state index in [0.717, 1.165) is 0 Å². The van der Waals surface area contributed by atoms with Crippen molar-refractivity contribution in [3.63, 3.8) is 0 Å². The number of fused-ring (bicyclic) bond motifs is 1. The van der Waals surface area contributed by atoms with Gasteiger partial charge in [-0.05, 0) is 18.6 Å². The molecule has 0 saturated carbocycles. The van der Waals surface area contributed by atoms with Crippen LogP contribution in [0.5, 0.6) is 0 Å². The van der Waals surface area contributed by atoms with E-state index >= 15 is 0 Å². The van der Waals surface area contributed by atoms with Crippen LogP contribution in [0, 0.1) is 13.8 Å². The second-order valence-corrected chi connectivity index (χ2v) is 4.70. The van der Waals surface area contributed by atoms with Gasteiger partial charge in [-0.1, -0.05) is 17.4 Å². The van der Waals surface area contributed by atoms with Gasteiger partial charge in [0, 0.05) is 13.0 Å². The zero-order valence-corrected chi connectivity index (χ0v) is 11.8. The maximum atomic E-state index is 8.96. The number of hydrogen-bond donors (Lipinski definition) is 1. The van der Waals surface area contributed by atoms with E-state index in [1.807, 2.05) is 0 Å². The second-order valence-electron chi connectivity index (χ2n) is 3.47. The molecule has 0 radical (unpaired) electrons. The highest BCUT2D eigenvalue weighted by Gasteiger charge is 2.15. The number of aryl methyl sites for hydroxylation is 2. The van der Waals surface area contributed by atoms with E-state index in [1.165, 1.54) is 20.8 Å². The first kappa shape index (κ1) is 12.9. The number of aromatic nitrogens is 1. The van der Waals surface area contributed by atoms with Crippen LogP contribution in [0.3, 0.4) is 0 Å². The molecule has 82 valence electrons. The first-order valence-electron chi connectivity index (χ1n) is 4.73. The predicted molar refractivity (Wildman–Crippen MR) is 58.6 cm³/mol. The number of aliphatic hydroxyl groups excluding tert-OH is 1. The van der Waals surface area contributed by atoms with Gasteiger partial charge in [0.2, 0.25) is 10.5 Å². The fourth-order valence-corrected chi connectivity index (χ4v) is 2.83. The van der Waals surface area contributed by atoms with Gasteiger partial charge in [0.1, 0.15) is 11.3 Å². The summed E-state index contributed by atoms with van der Waals surface area (Å²) in [6.45, 7) is 5.08. The van der Waals surface area contributed by atoms with Crippen molar-refractivity contribution in [2.45, 2.75) is 20.4 Å². The van der Waals surface area contributed by atoms with Crippen LogP contribution in [0.2, 0.25) is 0 Å². The third-order valence-electron chi connectivity index (χ3n) is 2.37. The van der Waals surface area contributed by atoms with Gasteiger partial charge in [-0.3, -0.25) is 0 Å². The maximum Gasteiger partial charge on any atom is 0.235 e. The Hall–Kier alpha value is -0.200. The van der Waals surface area contributed by atoms with Crippen molar-refractivity contribution in [1.29, 1.82) is 0 Å². The summed E-state index contributed by atoms with van der Waals surface area (Å²) < 4.78 is 3.47. The van der Waals surface area contributed by atoms with Crippen molar-refractivity contribution in [1.82, 2.24) is 0 Å². The quantitative estimate of drug-likeness (QED) is 0.541. The second kappa shape index (κ2) is 5.23. The van der Waals surface area contributed by atoms with Crippen LogP contribution in [-0.4, -0.2) is 11.7 Å². The summed E-state index contributed by atoms with van der Waals surface area (Å²) in [6, 6.07) is 6.44. The molecule has 0 amide bonds. The minimum atomic E-state index is 0. The number of rotatable bonds is 2. The summed E-state index contributed by atoms with van der Waals surface area (Å²) >= 11 is 1.78. The molecule has 0 fully saturated rings. The third kappa shape index (κ3) is 2.49. The van der Waals surface area contributed by atoms with Crippen molar-refractivity contribution in [3.8, 4) is 0 Å². The first-order valence-corrected chi connectivity index (χ1v) is 5.54. The van der Waals surface area contributed by atoms with Gasteiger partial charge in [-0.15, -0.1) is 0 Å². The number of halogens is 1. The van der Waals surface area contributed by atoms with Crippen LogP contribution < -0.4 is 28.5 Å². The lowest BCUT2D eigenvalue weighted by Gasteiger charge is -1.93. The highest BCUT2D eigenvalue weighted by atomic mass is 127. The smallest absolute Gasteiger partial charge is 0.235 e. The Kier molecular flexibility index (Phi) is 4.48. The predicted octanol–water partition coefficient (Wildman–Crippen LogP) is -1.20. The largest absolute Gasteiger partial charge is 1.00 e. The molecule has 0 aliphatic carbocycles. The summed E-state index contributed by atoms with van der Waals surface area (Å²) in [5.74, 6) is 0. The topological polar surface area (TPSA) is 24.1 Å². The van der Waals surface area contributed by atoms with Crippen molar-refractivity contribution in [3.05, 3.63) is 28.8 Å². The Morgan fingerprint density at radius 3 is 2.73 bits per heavy atom. The van der Waals surface area contributed by atoms with E-state index < -0.39 is 0 Å². The van der Waals surface area contributed by atoms with Gasteiger partial charge in [0.25, 0.3) is 0 Å². The lowest BCUT2D eigenvalue weighted by atomic mass is 10.2. The molecule has 0 bridgehead atoms. The summed E-state index contributed by atoms with van der Waals surface area (Å²) in [4.78, 5) is 0. The van der Waals surface area contributed by atoms with E-state index in [4.69, 9.17) is 5.11 Å². The molecular formula is C11H14INOS. The zero-order chi connectivity index (χ0) is 10.1. The van der Waals surface area contributed by atoms with Crippen LogP contribution in [0.25, 0.3) is 10.2 Å². The van der Waals surface area contributed by atoms with Crippen LogP contribution >= 0.6 is 11.3 Å². The van der Waals surface area contributed by atoms with Crippen molar-refractivity contribution < 1.29 is 33.7 Å². The molecule has 0 saturated heterocycles. The van der Waals surface area contributed by atoms with Crippen molar-refractivity contribution in [2.24, 2.45) is 0 Å². The molecular weight excluding hydrogens is 321 g/mol. The molecule has 15 heavy (non-hydrogen) atoms. The zero-order valence-electron chi connectivity index (χ0n) is 8.83. The fourth-order valence-electron chi connectivity index (χ4n) is 1.69. The minimum absolute atomic E-state index is 0. The van der Waals surface area contributed by atoms with Gasteiger partial charge in [-0.25, -0.2) is 0 Å². The van der Waals surface area contributed by atoms with Crippen molar-refractivity contribution >= 4 is 21.6 Å². The van der Waals surface area contributed by atoms with Gasteiger partial charge in [0.15, 0.2) is 6.54 Å². The SMILES string of the molecule is Cc1ccc2c(c1)sc(C)[n+]2CCO.[I-]. The molecule has 1 heterocycles. The molecule has 4 heteroatoms. The molecule has 2 rings (SSSR count). The summed E-state index contributed by atoms with van der Waals surface area (Å²) in [5.41, 5.74) is 2.52. The molecule has 0 spiro atoms. The normalized spacial score (nSPS) is 10.3. The monoisotopic (exact) mass is 335 g/mol. The van der Waals surface area contributed by atoms with E-state index in [1.54, 1.807) is 11.3 Å². The molecule has 1 aromatic heterocycles. The van der Waals surface area contributed by atoms with Gasteiger partial charge in [0.05, 0.1) is 0 Å². The number of nitrogens with zero attached hydrogens (tertiary/aromatic N) is 1. The third-order valence-corrected chi connectivity index (χ3v) is 3.43. The van der Waals surface area contributed by atoms with E-state index in [2.05, 4.69) is 36.6 Å². The van der Waals surface area contributed by atoms with E-state index in [-0.39, 0.29) is 30.6 Å². The molecule has 0 atom stereocenters. The molecule has 0 aliphatic rings. The maximum absolute atomic E-state index is 8.96. The average molecular weight is 335 g/mol. The van der Waals surface area contributed by atoms with Gasteiger partial charge < -0.3 is 29.1 Å². The molecule has 0 aliphatic heterocycles. The van der Waals surface area contributed by atoms with Crippen LogP contribution in [0.15, 0.2) is 18.2 Å². The number of aliphatic hydroxyl groups is 1. The number of benzene rings is 1. The molecule has 0 unspecified atom stereocenters. The molecule has 2 nitrogen and oxygen atoms in total. The Morgan fingerprint density at radius 1 is 1.33 bits per heavy atom. The Morgan fingerprint density at radius 2 is 2.07 bits per heavy atom. The Bertz CT molecular complexity index is 467. The molecule has 2 aromatic rings. The lowest BCUT2D eigenvalue weighted by molar-refractivity contribution is -0.674. The summed E-state index contributed by atoms with van der Waals surface area (Å²) in [5, 5.41) is 10.2.